The lowest BCUT2D eigenvalue weighted by Gasteiger charge is -2.37. The highest BCUT2D eigenvalue weighted by atomic mass is 35.5. The van der Waals surface area contributed by atoms with Crippen molar-refractivity contribution in [3.05, 3.63) is 58.6 Å². The molecule has 0 bridgehead atoms. The van der Waals surface area contributed by atoms with Crippen molar-refractivity contribution in [1.29, 1.82) is 0 Å². The molecule has 1 saturated heterocycles. The molecule has 4 rings (SSSR count). The number of aliphatic imine (C=N–C) groups is 1. The Morgan fingerprint density at radius 3 is 2.42 bits per heavy atom. The lowest BCUT2D eigenvalue weighted by Crippen LogP contribution is -2.52. The second-order valence-corrected chi connectivity index (χ2v) is 8.14. The van der Waals surface area contributed by atoms with Crippen molar-refractivity contribution in [3.8, 4) is 11.5 Å². The summed E-state index contributed by atoms with van der Waals surface area (Å²) in [6, 6.07) is 12.6. The Balaban J connectivity index is 1.41. The molecule has 0 atom stereocenters. The molecule has 1 spiro atoms. The first kappa shape index (κ1) is 21.2. The average molecular weight is 442 g/mol. The molecule has 0 aromatic heterocycles. The average Bonchev–Trinajstić information content (AvgIpc) is 3.10. The minimum Gasteiger partial charge on any atom is -0.493 e. The fourth-order valence-corrected chi connectivity index (χ4v) is 4.13. The second kappa shape index (κ2) is 8.59. The van der Waals surface area contributed by atoms with Crippen LogP contribution in [0.3, 0.4) is 0 Å². The number of hydrogen-bond donors (Lipinski definition) is 1. The number of hydrogen-bond acceptors (Lipinski definition) is 5. The maximum absolute atomic E-state index is 12.8. The zero-order valence-corrected chi connectivity index (χ0v) is 18.2. The van der Waals surface area contributed by atoms with Crippen LogP contribution in [0.15, 0.2) is 47.5 Å². The van der Waals surface area contributed by atoms with Gasteiger partial charge in [-0.1, -0.05) is 29.8 Å². The number of rotatable bonds is 5. The van der Waals surface area contributed by atoms with Crippen molar-refractivity contribution in [3.63, 3.8) is 0 Å². The van der Waals surface area contributed by atoms with Gasteiger partial charge in [0.2, 0.25) is 5.91 Å². The first-order valence-electron chi connectivity index (χ1n) is 10.1. The van der Waals surface area contributed by atoms with E-state index in [0.717, 1.165) is 11.1 Å². The molecule has 0 aliphatic carbocycles. The molecule has 1 N–H and O–H groups in total. The van der Waals surface area contributed by atoms with E-state index < -0.39 is 5.66 Å². The van der Waals surface area contributed by atoms with Crippen molar-refractivity contribution in [2.75, 3.05) is 27.3 Å². The van der Waals surface area contributed by atoms with E-state index in [-0.39, 0.29) is 18.2 Å². The standard InChI is InChI=1S/C23H24ClN3O4/c1-30-18-8-3-15(13-19(18)31-2)14-20(28)27-11-9-23(10-12-27)25-21(22(29)26-23)16-4-6-17(24)7-5-16/h3-8,13H,9-12,14H2,1-2H3,(H,26,29). The number of likely N-dealkylation sites (tertiary alicyclic amines) is 1. The van der Waals surface area contributed by atoms with Gasteiger partial charge in [-0.2, -0.15) is 0 Å². The molecule has 0 unspecified atom stereocenters. The molecular formula is C23H24ClN3O4. The lowest BCUT2D eigenvalue weighted by molar-refractivity contribution is -0.132. The van der Waals surface area contributed by atoms with Crippen molar-refractivity contribution in [2.45, 2.75) is 24.9 Å². The molecule has 2 aliphatic heterocycles. The summed E-state index contributed by atoms with van der Waals surface area (Å²) in [6.45, 7) is 1.06. The molecule has 31 heavy (non-hydrogen) atoms. The van der Waals surface area contributed by atoms with Crippen LogP contribution < -0.4 is 14.8 Å². The number of nitrogens with zero attached hydrogens (tertiary/aromatic N) is 2. The van der Waals surface area contributed by atoms with E-state index in [1.165, 1.54) is 0 Å². The first-order valence-corrected chi connectivity index (χ1v) is 10.5. The Labute approximate surface area is 186 Å². The predicted octanol–water partition coefficient (Wildman–Crippen LogP) is 2.84. The van der Waals surface area contributed by atoms with Crippen LogP contribution in [0, 0.1) is 0 Å². The third-order valence-corrected chi connectivity index (χ3v) is 6.00. The number of piperidine rings is 1. The van der Waals surface area contributed by atoms with Crippen molar-refractivity contribution in [2.24, 2.45) is 4.99 Å². The van der Waals surface area contributed by atoms with Gasteiger partial charge >= 0.3 is 0 Å². The molecule has 2 aromatic carbocycles. The van der Waals surface area contributed by atoms with Gasteiger partial charge in [0.1, 0.15) is 11.4 Å². The van der Waals surface area contributed by atoms with Gasteiger partial charge in [-0.15, -0.1) is 0 Å². The van der Waals surface area contributed by atoms with Crippen molar-refractivity contribution in [1.82, 2.24) is 10.2 Å². The molecule has 8 heteroatoms. The predicted molar refractivity (Wildman–Crippen MR) is 118 cm³/mol. The highest BCUT2D eigenvalue weighted by Crippen LogP contribution is 2.30. The quantitative estimate of drug-likeness (QED) is 0.773. The number of carbonyl (C=O) groups is 2. The molecule has 0 radical (unpaired) electrons. The fraction of sp³-hybridized carbons (Fsp3) is 0.348. The summed E-state index contributed by atoms with van der Waals surface area (Å²) in [5.41, 5.74) is 1.37. The largest absolute Gasteiger partial charge is 0.493 e. The van der Waals surface area contributed by atoms with E-state index in [1.807, 2.05) is 17.0 Å². The number of ether oxygens (including phenoxy) is 2. The van der Waals surface area contributed by atoms with Crippen LogP contribution in [-0.2, 0) is 16.0 Å². The van der Waals surface area contributed by atoms with E-state index >= 15 is 0 Å². The first-order chi connectivity index (χ1) is 14.9. The summed E-state index contributed by atoms with van der Waals surface area (Å²) in [4.78, 5) is 31.9. The number of carbonyl (C=O) groups excluding carboxylic acids is 2. The van der Waals surface area contributed by atoms with Crippen LogP contribution in [0.2, 0.25) is 5.02 Å². The van der Waals surface area contributed by atoms with E-state index in [9.17, 15) is 9.59 Å². The van der Waals surface area contributed by atoms with Gasteiger partial charge in [0.05, 0.1) is 20.6 Å². The summed E-state index contributed by atoms with van der Waals surface area (Å²) in [7, 11) is 3.15. The number of benzene rings is 2. The molecule has 2 aromatic rings. The number of methoxy groups -OCH3 is 2. The lowest BCUT2D eigenvalue weighted by atomic mass is 9.97. The van der Waals surface area contributed by atoms with Gasteiger partial charge < -0.3 is 19.7 Å². The van der Waals surface area contributed by atoms with Crippen LogP contribution in [0.5, 0.6) is 11.5 Å². The highest BCUT2D eigenvalue weighted by Gasteiger charge is 2.42. The Kier molecular flexibility index (Phi) is 5.87. The number of amides is 2. The zero-order valence-electron chi connectivity index (χ0n) is 17.5. The molecule has 1 fully saturated rings. The SMILES string of the molecule is COc1ccc(CC(=O)N2CCC3(CC2)N=C(c2ccc(Cl)cc2)C(=O)N3)cc1OC. The molecule has 2 aliphatic rings. The highest BCUT2D eigenvalue weighted by molar-refractivity contribution is 6.47. The summed E-state index contributed by atoms with van der Waals surface area (Å²) in [6.07, 6.45) is 1.43. The second-order valence-electron chi connectivity index (χ2n) is 7.70. The van der Waals surface area contributed by atoms with Gasteiger partial charge in [-0.05, 0) is 29.8 Å². The number of nitrogens with one attached hydrogen (secondary N) is 1. The zero-order chi connectivity index (χ0) is 22.0. The maximum atomic E-state index is 12.8. The van der Waals surface area contributed by atoms with Crippen LogP contribution >= 0.6 is 11.6 Å². The summed E-state index contributed by atoms with van der Waals surface area (Å²) in [5, 5.41) is 3.64. The summed E-state index contributed by atoms with van der Waals surface area (Å²) >= 11 is 5.94. The Morgan fingerprint density at radius 2 is 1.77 bits per heavy atom. The summed E-state index contributed by atoms with van der Waals surface area (Å²) < 4.78 is 10.6. The third-order valence-electron chi connectivity index (χ3n) is 5.75. The van der Waals surface area contributed by atoms with Crippen LogP contribution in [0.4, 0.5) is 0 Å². The Hall–Kier alpha value is -3.06. The van der Waals surface area contributed by atoms with E-state index in [0.29, 0.717) is 48.2 Å². The van der Waals surface area contributed by atoms with Gasteiger partial charge in [-0.25, -0.2) is 0 Å². The topological polar surface area (TPSA) is 80.2 Å². The Morgan fingerprint density at radius 1 is 1.10 bits per heavy atom. The fourth-order valence-electron chi connectivity index (χ4n) is 4.01. The number of halogens is 1. The van der Waals surface area contributed by atoms with Gasteiger partial charge in [-0.3, -0.25) is 14.6 Å². The van der Waals surface area contributed by atoms with E-state index in [1.54, 1.807) is 44.6 Å². The minimum atomic E-state index is -0.647. The van der Waals surface area contributed by atoms with E-state index in [4.69, 9.17) is 26.1 Å². The molecule has 0 saturated carbocycles. The smallest absolute Gasteiger partial charge is 0.272 e. The maximum Gasteiger partial charge on any atom is 0.272 e. The van der Waals surface area contributed by atoms with Crippen LogP contribution in [0.25, 0.3) is 0 Å². The third kappa shape index (κ3) is 4.37. The molecule has 7 nitrogen and oxygen atoms in total. The van der Waals surface area contributed by atoms with Gasteiger partial charge in [0.25, 0.3) is 5.91 Å². The van der Waals surface area contributed by atoms with Crippen molar-refractivity contribution >= 4 is 29.1 Å². The minimum absolute atomic E-state index is 0.0355. The molecule has 2 amide bonds. The van der Waals surface area contributed by atoms with E-state index in [2.05, 4.69) is 5.32 Å². The van der Waals surface area contributed by atoms with Crippen LogP contribution in [-0.4, -0.2) is 55.4 Å². The summed E-state index contributed by atoms with van der Waals surface area (Å²) in [5.74, 6) is 1.08. The van der Waals surface area contributed by atoms with Crippen LogP contribution in [0.1, 0.15) is 24.0 Å². The normalized spacial score (nSPS) is 17.3. The monoisotopic (exact) mass is 441 g/mol. The molecular weight excluding hydrogens is 418 g/mol. The Bertz CT molecular complexity index is 1030. The van der Waals surface area contributed by atoms with Gasteiger partial charge in [0, 0.05) is 36.5 Å². The van der Waals surface area contributed by atoms with Gasteiger partial charge in [0.15, 0.2) is 11.5 Å². The molecule has 162 valence electrons. The van der Waals surface area contributed by atoms with Crippen molar-refractivity contribution < 1.29 is 19.1 Å². The molecule has 2 heterocycles.